The van der Waals surface area contributed by atoms with Gasteiger partial charge in [-0.05, 0) is 38.5 Å². The number of piperidine rings is 1. The van der Waals surface area contributed by atoms with Gasteiger partial charge in [-0.25, -0.2) is 0 Å². The van der Waals surface area contributed by atoms with E-state index in [9.17, 15) is 5.11 Å². The molecule has 28 heavy (non-hydrogen) atoms. The maximum absolute atomic E-state index is 10.1. The number of hydrogen-bond donors (Lipinski definition) is 3. The molecule has 0 bridgehead atoms. The standard InChI is InChI=1S/C19H34N6O2.HI/c1-3-20-19(21-10-18(26)14-27-13-15-6-7-15)23-16-5-4-8-25(11-16)17-9-22-24(2)12-17;/h9,12,15-16,18,26H,3-8,10-11,13-14H2,1-2H3,(H2,20,21,23);1H. The monoisotopic (exact) mass is 506 g/mol. The third-order valence-electron chi connectivity index (χ3n) is 4.98. The number of nitrogens with zero attached hydrogens (tertiary/aromatic N) is 4. The number of nitrogens with one attached hydrogen (secondary N) is 2. The molecule has 0 aromatic carbocycles. The first kappa shape index (κ1) is 23.2. The summed E-state index contributed by atoms with van der Waals surface area (Å²) in [5, 5.41) is 21.2. The van der Waals surface area contributed by atoms with Crippen molar-refractivity contribution in [3.8, 4) is 0 Å². The lowest BCUT2D eigenvalue weighted by atomic mass is 10.1. The van der Waals surface area contributed by atoms with Crippen LogP contribution in [-0.4, -0.2) is 72.4 Å². The van der Waals surface area contributed by atoms with E-state index in [1.165, 1.54) is 12.8 Å². The average Bonchev–Trinajstić information content (AvgIpc) is 3.38. The van der Waals surface area contributed by atoms with E-state index >= 15 is 0 Å². The highest BCUT2D eigenvalue weighted by Crippen LogP contribution is 2.28. The Labute approximate surface area is 185 Å². The van der Waals surface area contributed by atoms with Crippen molar-refractivity contribution in [3.05, 3.63) is 12.4 Å². The molecular formula is C19H35IN6O2. The highest BCUT2D eigenvalue weighted by molar-refractivity contribution is 14.0. The summed E-state index contributed by atoms with van der Waals surface area (Å²) in [4.78, 5) is 6.91. The van der Waals surface area contributed by atoms with Crippen LogP contribution in [0.3, 0.4) is 0 Å². The van der Waals surface area contributed by atoms with E-state index in [4.69, 9.17) is 4.74 Å². The van der Waals surface area contributed by atoms with E-state index < -0.39 is 6.10 Å². The Morgan fingerprint density at radius 1 is 1.43 bits per heavy atom. The average molecular weight is 506 g/mol. The van der Waals surface area contributed by atoms with Crippen LogP contribution in [0.25, 0.3) is 0 Å². The molecule has 2 aliphatic rings. The molecule has 0 radical (unpaired) electrons. The van der Waals surface area contributed by atoms with Crippen LogP contribution >= 0.6 is 24.0 Å². The Morgan fingerprint density at radius 3 is 2.93 bits per heavy atom. The number of anilines is 1. The molecule has 2 unspecified atom stereocenters. The minimum absolute atomic E-state index is 0. The number of aliphatic hydroxyl groups excluding tert-OH is 1. The smallest absolute Gasteiger partial charge is 0.191 e. The number of aliphatic imine (C=N–C) groups is 1. The molecule has 2 heterocycles. The van der Waals surface area contributed by atoms with Crippen LogP contribution < -0.4 is 15.5 Å². The summed E-state index contributed by atoms with van der Waals surface area (Å²) >= 11 is 0. The number of halogens is 1. The first-order valence-electron chi connectivity index (χ1n) is 10.2. The molecule has 2 fully saturated rings. The van der Waals surface area contributed by atoms with Crippen LogP contribution in [0.5, 0.6) is 0 Å². The molecule has 9 heteroatoms. The number of aliphatic hydroxyl groups is 1. The predicted molar refractivity (Wildman–Crippen MR) is 123 cm³/mol. The zero-order valence-electron chi connectivity index (χ0n) is 17.0. The van der Waals surface area contributed by atoms with Crippen molar-refractivity contribution in [3.63, 3.8) is 0 Å². The van der Waals surface area contributed by atoms with Gasteiger partial charge in [-0.15, -0.1) is 24.0 Å². The van der Waals surface area contributed by atoms with Crippen LogP contribution in [0, 0.1) is 5.92 Å². The van der Waals surface area contributed by atoms with Gasteiger partial charge in [-0.1, -0.05) is 0 Å². The van der Waals surface area contributed by atoms with Gasteiger partial charge in [0.1, 0.15) is 0 Å². The number of aryl methyl sites for hydroxylation is 1. The topological polar surface area (TPSA) is 86.9 Å². The Kier molecular flexibility index (Phi) is 9.80. The first-order valence-corrected chi connectivity index (χ1v) is 10.2. The van der Waals surface area contributed by atoms with Crippen molar-refractivity contribution in [1.29, 1.82) is 0 Å². The number of hydrogen-bond acceptors (Lipinski definition) is 5. The second kappa shape index (κ2) is 11.8. The van der Waals surface area contributed by atoms with E-state index in [-0.39, 0.29) is 24.0 Å². The van der Waals surface area contributed by atoms with E-state index in [2.05, 4.69) is 38.7 Å². The number of ether oxygens (including phenoxy) is 1. The quantitative estimate of drug-likeness (QED) is 0.267. The molecule has 3 rings (SSSR count). The Balaban J connectivity index is 0.00000280. The van der Waals surface area contributed by atoms with Crippen molar-refractivity contribution in [2.45, 2.75) is 44.8 Å². The molecule has 1 aliphatic heterocycles. The number of guanidine groups is 1. The van der Waals surface area contributed by atoms with Crippen molar-refractivity contribution in [1.82, 2.24) is 20.4 Å². The molecule has 2 atom stereocenters. The SMILES string of the molecule is CCNC(=NCC(O)COCC1CC1)NC1CCCN(c2cnn(C)c2)C1.I. The van der Waals surface area contributed by atoms with E-state index in [1.807, 2.05) is 17.9 Å². The van der Waals surface area contributed by atoms with Gasteiger partial charge < -0.3 is 25.4 Å². The highest BCUT2D eigenvalue weighted by Gasteiger charge is 2.23. The fraction of sp³-hybridized carbons (Fsp3) is 0.789. The van der Waals surface area contributed by atoms with E-state index in [1.54, 1.807) is 0 Å². The van der Waals surface area contributed by atoms with Gasteiger partial charge in [0.05, 0.1) is 31.1 Å². The fourth-order valence-electron chi connectivity index (χ4n) is 3.32. The maximum Gasteiger partial charge on any atom is 0.191 e. The molecule has 0 spiro atoms. The minimum atomic E-state index is -0.558. The van der Waals surface area contributed by atoms with Crippen LogP contribution in [-0.2, 0) is 11.8 Å². The molecule has 1 aromatic rings. The Bertz CT molecular complexity index is 607. The summed E-state index contributed by atoms with van der Waals surface area (Å²) in [5.41, 5.74) is 1.16. The predicted octanol–water partition coefficient (Wildman–Crippen LogP) is 1.35. The van der Waals surface area contributed by atoms with Crippen molar-refractivity contribution in [2.75, 3.05) is 44.3 Å². The molecule has 3 N–H and O–H groups in total. The molecule has 1 aromatic heterocycles. The highest BCUT2D eigenvalue weighted by atomic mass is 127. The molecule has 160 valence electrons. The van der Waals surface area contributed by atoms with Crippen LogP contribution in [0.15, 0.2) is 17.4 Å². The molecular weight excluding hydrogens is 471 g/mol. The normalized spacial score (nSPS) is 21.2. The lowest BCUT2D eigenvalue weighted by Crippen LogP contribution is -2.51. The van der Waals surface area contributed by atoms with Crippen molar-refractivity contribution in [2.24, 2.45) is 18.0 Å². The first-order chi connectivity index (χ1) is 13.1. The van der Waals surface area contributed by atoms with Crippen molar-refractivity contribution < 1.29 is 9.84 Å². The van der Waals surface area contributed by atoms with E-state index in [0.717, 1.165) is 50.7 Å². The van der Waals surface area contributed by atoms with Gasteiger partial charge in [0.2, 0.25) is 0 Å². The lowest BCUT2D eigenvalue weighted by Gasteiger charge is -2.34. The summed E-state index contributed by atoms with van der Waals surface area (Å²) in [5.74, 6) is 1.48. The van der Waals surface area contributed by atoms with Gasteiger partial charge in [-0.2, -0.15) is 5.10 Å². The second-order valence-electron chi connectivity index (χ2n) is 7.66. The largest absolute Gasteiger partial charge is 0.389 e. The number of rotatable bonds is 9. The van der Waals surface area contributed by atoms with Gasteiger partial charge in [0.15, 0.2) is 5.96 Å². The summed E-state index contributed by atoms with van der Waals surface area (Å²) in [6.45, 7) is 6.29. The third-order valence-corrected chi connectivity index (χ3v) is 4.98. The van der Waals surface area contributed by atoms with E-state index in [0.29, 0.717) is 25.1 Å². The van der Waals surface area contributed by atoms with Crippen LogP contribution in [0.2, 0.25) is 0 Å². The molecule has 0 amide bonds. The molecule has 1 saturated carbocycles. The maximum atomic E-state index is 10.1. The fourth-order valence-corrected chi connectivity index (χ4v) is 3.32. The minimum Gasteiger partial charge on any atom is -0.389 e. The van der Waals surface area contributed by atoms with Crippen molar-refractivity contribution >= 4 is 35.6 Å². The van der Waals surface area contributed by atoms with Gasteiger partial charge in [-0.3, -0.25) is 9.67 Å². The van der Waals surface area contributed by atoms with Gasteiger partial charge in [0.25, 0.3) is 0 Å². The second-order valence-corrected chi connectivity index (χ2v) is 7.66. The lowest BCUT2D eigenvalue weighted by molar-refractivity contribution is 0.0368. The zero-order chi connectivity index (χ0) is 19.1. The van der Waals surface area contributed by atoms with Crippen LogP contribution in [0.4, 0.5) is 5.69 Å². The summed E-state index contributed by atoms with van der Waals surface area (Å²) in [6.07, 6.45) is 8.18. The van der Waals surface area contributed by atoms with Gasteiger partial charge >= 0.3 is 0 Å². The third kappa shape index (κ3) is 7.75. The summed E-state index contributed by atoms with van der Waals surface area (Å²) < 4.78 is 7.39. The Morgan fingerprint density at radius 2 is 2.25 bits per heavy atom. The van der Waals surface area contributed by atoms with Crippen LogP contribution in [0.1, 0.15) is 32.6 Å². The summed E-state index contributed by atoms with van der Waals surface area (Å²) in [6, 6.07) is 0.319. The molecule has 1 saturated heterocycles. The molecule has 1 aliphatic carbocycles. The van der Waals surface area contributed by atoms with Gasteiger partial charge in [0, 0.05) is 45.5 Å². The zero-order valence-corrected chi connectivity index (χ0v) is 19.3. The molecule has 8 nitrogen and oxygen atoms in total. The summed E-state index contributed by atoms with van der Waals surface area (Å²) in [7, 11) is 1.94. The Hall–Kier alpha value is -1.07. The number of aromatic nitrogens is 2.